The number of para-hydroxylation sites is 1. The fourth-order valence-corrected chi connectivity index (χ4v) is 2.98. The first-order valence-electron chi connectivity index (χ1n) is 9.91. The van der Waals surface area contributed by atoms with Gasteiger partial charge in [0.2, 0.25) is 5.91 Å². The van der Waals surface area contributed by atoms with E-state index in [9.17, 15) is 9.59 Å². The zero-order valence-electron chi connectivity index (χ0n) is 17.3. The Labute approximate surface area is 184 Å². The molecule has 0 spiro atoms. The molecule has 0 unspecified atom stereocenters. The second-order valence-corrected chi connectivity index (χ2v) is 6.95. The van der Waals surface area contributed by atoms with Crippen LogP contribution in [0.3, 0.4) is 0 Å². The summed E-state index contributed by atoms with van der Waals surface area (Å²) in [6.07, 6.45) is 3.90. The predicted molar refractivity (Wildman–Crippen MR) is 124 cm³/mol. The van der Waals surface area contributed by atoms with Gasteiger partial charge in [-0.15, -0.1) is 0 Å². The van der Waals surface area contributed by atoms with Gasteiger partial charge in [-0.05, 0) is 67.6 Å². The van der Waals surface area contributed by atoms with Crippen LogP contribution in [0.25, 0.3) is 10.9 Å². The van der Waals surface area contributed by atoms with Crippen molar-refractivity contribution >= 4 is 39.8 Å². The summed E-state index contributed by atoms with van der Waals surface area (Å²) in [7, 11) is 0. The first-order valence-corrected chi connectivity index (χ1v) is 9.91. The number of ketones is 1. The number of amides is 1. The minimum atomic E-state index is -0.389. The molecule has 1 amide bonds. The second-order valence-electron chi connectivity index (χ2n) is 6.95. The SMILES string of the molecule is CC(=O)C=CC(=O)Nc1ccc2ncnc(Nc3ccc(Oc4ccccc4)cc3)c2c1. The van der Waals surface area contributed by atoms with Crippen LogP contribution in [0.4, 0.5) is 17.2 Å². The molecule has 4 aromatic rings. The van der Waals surface area contributed by atoms with E-state index in [1.165, 1.54) is 25.4 Å². The van der Waals surface area contributed by atoms with Crippen molar-refractivity contribution in [3.05, 3.63) is 91.3 Å². The van der Waals surface area contributed by atoms with Crippen LogP contribution in [0.15, 0.2) is 91.3 Å². The third kappa shape index (κ3) is 5.34. The maximum Gasteiger partial charge on any atom is 0.248 e. The maximum absolute atomic E-state index is 12.0. The zero-order chi connectivity index (χ0) is 22.3. The molecule has 158 valence electrons. The summed E-state index contributed by atoms with van der Waals surface area (Å²) in [5.74, 6) is 1.50. The molecule has 0 radical (unpaired) electrons. The number of anilines is 3. The van der Waals surface area contributed by atoms with Crippen LogP contribution in [0.5, 0.6) is 11.5 Å². The molecule has 7 nitrogen and oxygen atoms in total. The highest BCUT2D eigenvalue weighted by Crippen LogP contribution is 2.28. The molecule has 1 aromatic heterocycles. The lowest BCUT2D eigenvalue weighted by Crippen LogP contribution is -2.08. The highest BCUT2D eigenvalue weighted by molar-refractivity contribution is 6.04. The number of ether oxygens (including phenoxy) is 1. The number of allylic oxidation sites excluding steroid dienone is 1. The van der Waals surface area contributed by atoms with E-state index in [2.05, 4.69) is 20.6 Å². The van der Waals surface area contributed by atoms with E-state index in [1.54, 1.807) is 18.2 Å². The van der Waals surface area contributed by atoms with Gasteiger partial charge in [0.05, 0.1) is 5.52 Å². The molecule has 0 saturated carbocycles. The molecule has 0 aliphatic heterocycles. The quantitative estimate of drug-likeness (QED) is 0.394. The Bertz CT molecular complexity index is 1290. The topological polar surface area (TPSA) is 93.2 Å². The van der Waals surface area contributed by atoms with Crippen molar-refractivity contribution in [2.24, 2.45) is 0 Å². The number of nitrogens with one attached hydrogen (secondary N) is 2. The number of rotatable bonds is 7. The lowest BCUT2D eigenvalue weighted by atomic mass is 10.2. The molecule has 0 aliphatic rings. The molecule has 0 fully saturated rings. The standard InChI is InChI=1S/C25H20N4O3/c1-17(30)7-14-24(31)28-19-10-13-23-22(15-19)25(27-16-26-23)29-18-8-11-21(12-9-18)32-20-5-3-2-4-6-20/h2-16H,1H3,(H,28,31)(H,26,27,29). The van der Waals surface area contributed by atoms with Crippen LogP contribution in [-0.2, 0) is 9.59 Å². The van der Waals surface area contributed by atoms with E-state index in [0.717, 1.165) is 28.1 Å². The highest BCUT2D eigenvalue weighted by atomic mass is 16.5. The van der Waals surface area contributed by atoms with Crippen LogP contribution < -0.4 is 15.4 Å². The molecule has 3 aromatic carbocycles. The van der Waals surface area contributed by atoms with Crippen LogP contribution >= 0.6 is 0 Å². The van der Waals surface area contributed by atoms with Crippen molar-refractivity contribution in [2.45, 2.75) is 6.92 Å². The van der Waals surface area contributed by atoms with E-state index in [0.29, 0.717) is 11.5 Å². The Morgan fingerprint density at radius 1 is 0.844 bits per heavy atom. The number of carbonyl (C=O) groups excluding carboxylic acids is 2. The third-order valence-corrected chi connectivity index (χ3v) is 4.47. The van der Waals surface area contributed by atoms with Crippen LogP contribution in [0.1, 0.15) is 6.92 Å². The lowest BCUT2D eigenvalue weighted by molar-refractivity contribution is -0.114. The first-order chi connectivity index (χ1) is 15.6. The van der Waals surface area contributed by atoms with Gasteiger partial charge in [-0.3, -0.25) is 9.59 Å². The van der Waals surface area contributed by atoms with Crippen LogP contribution in [-0.4, -0.2) is 21.7 Å². The average Bonchev–Trinajstić information content (AvgIpc) is 2.80. The van der Waals surface area contributed by atoms with Gasteiger partial charge in [-0.2, -0.15) is 0 Å². The number of benzene rings is 3. The summed E-state index contributed by atoms with van der Waals surface area (Å²) < 4.78 is 5.82. The Morgan fingerprint density at radius 3 is 2.31 bits per heavy atom. The smallest absolute Gasteiger partial charge is 0.248 e. The zero-order valence-corrected chi connectivity index (χ0v) is 17.3. The molecule has 0 aliphatic carbocycles. The highest BCUT2D eigenvalue weighted by Gasteiger charge is 2.07. The molecule has 7 heteroatoms. The number of aromatic nitrogens is 2. The van der Waals surface area contributed by atoms with E-state index in [1.807, 2.05) is 54.6 Å². The minimum absolute atomic E-state index is 0.196. The largest absolute Gasteiger partial charge is 0.457 e. The monoisotopic (exact) mass is 424 g/mol. The summed E-state index contributed by atoms with van der Waals surface area (Å²) in [6.45, 7) is 1.38. The molecule has 1 heterocycles. The third-order valence-electron chi connectivity index (χ3n) is 4.47. The lowest BCUT2D eigenvalue weighted by Gasteiger charge is -2.11. The Hall–Kier alpha value is -4.52. The molecule has 2 N–H and O–H groups in total. The van der Waals surface area contributed by atoms with Gasteiger partial charge in [0, 0.05) is 22.8 Å². The first kappa shape index (κ1) is 20.7. The van der Waals surface area contributed by atoms with Crippen LogP contribution in [0.2, 0.25) is 0 Å². The van der Waals surface area contributed by atoms with E-state index < -0.39 is 0 Å². The van der Waals surface area contributed by atoms with E-state index in [-0.39, 0.29) is 11.7 Å². The van der Waals surface area contributed by atoms with Crippen LogP contribution in [0, 0.1) is 0 Å². The maximum atomic E-state index is 12.0. The van der Waals surface area contributed by atoms with E-state index >= 15 is 0 Å². The van der Waals surface area contributed by atoms with Gasteiger partial charge < -0.3 is 15.4 Å². The summed E-state index contributed by atoms with van der Waals surface area (Å²) in [4.78, 5) is 31.6. The Balaban J connectivity index is 1.52. The summed E-state index contributed by atoms with van der Waals surface area (Å²) in [5, 5.41) is 6.76. The summed E-state index contributed by atoms with van der Waals surface area (Å²) in [6, 6.07) is 22.4. The van der Waals surface area contributed by atoms with Crippen molar-refractivity contribution in [3.8, 4) is 11.5 Å². The molecule has 0 saturated heterocycles. The number of hydrogen-bond donors (Lipinski definition) is 2. The van der Waals surface area contributed by atoms with Gasteiger partial charge in [-0.1, -0.05) is 18.2 Å². The minimum Gasteiger partial charge on any atom is -0.457 e. The molecule has 4 rings (SSSR count). The molecule has 0 bridgehead atoms. The molecular formula is C25H20N4O3. The number of nitrogens with zero attached hydrogens (tertiary/aromatic N) is 2. The normalized spacial score (nSPS) is 10.8. The molecule has 0 atom stereocenters. The molecular weight excluding hydrogens is 404 g/mol. The van der Waals surface area contributed by atoms with Crippen molar-refractivity contribution < 1.29 is 14.3 Å². The fourth-order valence-electron chi connectivity index (χ4n) is 2.98. The second kappa shape index (κ2) is 9.53. The average molecular weight is 424 g/mol. The van der Waals surface area contributed by atoms with Gasteiger partial charge in [0.1, 0.15) is 23.6 Å². The van der Waals surface area contributed by atoms with Crippen molar-refractivity contribution in [1.29, 1.82) is 0 Å². The molecule has 32 heavy (non-hydrogen) atoms. The number of carbonyl (C=O) groups is 2. The Kier molecular flexibility index (Phi) is 6.17. The van der Waals surface area contributed by atoms with Gasteiger partial charge in [0.25, 0.3) is 0 Å². The van der Waals surface area contributed by atoms with Crippen molar-refractivity contribution in [2.75, 3.05) is 10.6 Å². The fraction of sp³-hybridized carbons (Fsp3) is 0.0400. The summed E-state index contributed by atoms with van der Waals surface area (Å²) >= 11 is 0. The predicted octanol–water partition coefficient (Wildman–Crippen LogP) is 5.25. The van der Waals surface area contributed by atoms with E-state index in [4.69, 9.17) is 4.74 Å². The number of hydrogen-bond acceptors (Lipinski definition) is 6. The van der Waals surface area contributed by atoms with Crippen molar-refractivity contribution in [1.82, 2.24) is 9.97 Å². The summed E-state index contributed by atoms with van der Waals surface area (Å²) in [5.41, 5.74) is 2.12. The van der Waals surface area contributed by atoms with Gasteiger partial charge in [0.15, 0.2) is 5.78 Å². The number of fused-ring (bicyclic) bond motifs is 1. The van der Waals surface area contributed by atoms with Gasteiger partial charge in [-0.25, -0.2) is 9.97 Å². The Morgan fingerprint density at radius 2 is 1.56 bits per heavy atom. The van der Waals surface area contributed by atoms with Crippen molar-refractivity contribution in [3.63, 3.8) is 0 Å². The van der Waals surface area contributed by atoms with Gasteiger partial charge >= 0.3 is 0 Å².